The third-order valence-corrected chi connectivity index (χ3v) is 6.50. The van der Waals surface area contributed by atoms with E-state index < -0.39 is 0 Å². The smallest absolute Gasteiger partial charge is 0.136 e. The second-order valence-corrected chi connectivity index (χ2v) is 8.41. The molecule has 3 heterocycles. The zero-order chi connectivity index (χ0) is 16.8. The highest BCUT2D eigenvalue weighted by Gasteiger charge is 2.49. The van der Waals surface area contributed by atoms with Gasteiger partial charge < -0.3 is 9.47 Å². The monoisotopic (exact) mass is 345 g/mol. The Labute approximate surface area is 148 Å². The number of hydrogen-bond acceptors (Lipinski definition) is 5. The van der Waals surface area contributed by atoms with Gasteiger partial charge in [0.05, 0.1) is 25.0 Å². The number of hydrogen-bond donors (Lipinski definition) is 0. The van der Waals surface area contributed by atoms with E-state index in [9.17, 15) is 4.79 Å². The number of aromatic nitrogens is 3. The minimum atomic E-state index is 0.0121. The molecule has 2 aliphatic carbocycles. The highest BCUT2D eigenvalue weighted by Crippen LogP contribution is 2.40. The summed E-state index contributed by atoms with van der Waals surface area (Å²) < 4.78 is 14.0. The van der Waals surface area contributed by atoms with Crippen LogP contribution in [0.25, 0.3) is 0 Å². The fourth-order valence-corrected chi connectivity index (χ4v) is 4.87. The van der Waals surface area contributed by atoms with Crippen molar-refractivity contribution in [2.75, 3.05) is 13.2 Å². The van der Waals surface area contributed by atoms with Crippen LogP contribution < -0.4 is 0 Å². The third kappa shape index (κ3) is 3.14. The van der Waals surface area contributed by atoms with Gasteiger partial charge in [-0.2, -0.15) is 0 Å². The predicted molar refractivity (Wildman–Crippen MR) is 90.0 cm³/mol. The molecule has 0 spiro atoms. The van der Waals surface area contributed by atoms with E-state index in [0.29, 0.717) is 31.3 Å². The van der Waals surface area contributed by atoms with Gasteiger partial charge in [-0.15, -0.1) is 5.10 Å². The van der Waals surface area contributed by atoms with Crippen molar-refractivity contribution in [1.29, 1.82) is 0 Å². The molecule has 4 fully saturated rings. The van der Waals surface area contributed by atoms with Gasteiger partial charge in [-0.3, -0.25) is 4.79 Å². The quantitative estimate of drug-likeness (QED) is 0.792. The maximum atomic E-state index is 12.1. The Balaban J connectivity index is 1.22. The summed E-state index contributed by atoms with van der Waals surface area (Å²) in [6, 6.07) is 0.0934. The van der Waals surface area contributed by atoms with Gasteiger partial charge in [0.2, 0.25) is 0 Å². The highest BCUT2D eigenvalue weighted by atomic mass is 16.6. The van der Waals surface area contributed by atoms with Crippen molar-refractivity contribution in [1.82, 2.24) is 15.0 Å². The lowest BCUT2D eigenvalue weighted by Crippen LogP contribution is -2.29. The van der Waals surface area contributed by atoms with E-state index in [-0.39, 0.29) is 24.2 Å². The molecule has 4 unspecified atom stereocenters. The Bertz CT molecular complexity index is 636. The molecule has 2 saturated heterocycles. The number of carbonyl (C=O) groups is 1. The van der Waals surface area contributed by atoms with E-state index in [2.05, 4.69) is 16.5 Å². The molecule has 1 aromatic rings. The standard InChI is InChI=1S/C19H27N3O3/c23-17(13-5-6-13)8-14-10-24-19-16(11-25-18(14)19)22-9-15(20-21-22)7-12-3-1-2-4-12/h9,12-14,16,18-19H,1-8,10-11H2. The summed E-state index contributed by atoms with van der Waals surface area (Å²) >= 11 is 0. The van der Waals surface area contributed by atoms with Gasteiger partial charge >= 0.3 is 0 Å². The second kappa shape index (κ2) is 6.47. The lowest BCUT2D eigenvalue weighted by atomic mass is 9.94. The Hall–Kier alpha value is -1.27. The van der Waals surface area contributed by atoms with Crippen LogP contribution in [0.2, 0.25) is 0 Å². The lowest BCUT2D eigenvalue weighted by molar-refractivity contribution is -0.121. The molecule has 0 aromatic carbocycles. The summed E-state index contributed by atoms with van der Waals surface area (Å²) in [5, 5.41) is 8.75. The van der Waals surface area contributed by atoms with Gasteiger partial charge in [0.1, 0.15) is 17.9 Å². The Morgan fingerprint density at radius 1 is 1.12 bits per heavy atom. The van der Waals surface area contributed by atoms with Crippen LogP contribution >= 0.6 is 0 Å². The second-order valence-electron chi connectivity index (χ2n) is 8.41. The van der Waals surface area contributed by atoms with E-state index >= 15 is 0 Å². The minimum absolute atomic E-state index is 0.0121. The summed E-state index contributed by atoms with van der Waals surface area (Å²) in [7, 11) is 0. The topological polar surface area (TPSA) is 66.2 Å². The predicted octanol–water partition coefficient (Wildman–Crippen LogP) is 2.33. The van der Waals surface area contributed by atoms with Gasteiger partial charge in [-0.05, 0) is 25.2 Å². The van der Waals surface area contributed by atoms with E-state index in [4.69, 9.17) is 9.47 Å². The van der Waals surface area contributed by atoms with E-state index in [1.165, 1.54) is 25.7 Å². The fraction of sp³-hybridized carbons (Fsp3) is 0.842. The molecule has 25 heavy (non-hydrogen) atoms. The minimum Gasteiger partial charge on any atom is -0.373 e. The number of carbonyl (C=O) groups excluding carboxylic acids is 1. The molecule has 0 amide bonds. The number of nitrogens with zero attached hydrogens (tertiary/aromatic N) is 3. The molecule has 0 bridgehead atoms. The Kier molecular flexibility index (Phi) is 4.13. The summed E-state index contributed by atoms with van der Waals surface area (Å²) in [4.78, 5) is 12.1. The van der Waals surface area contributed by atoms with Crippen molar-refractivity contribution in [3.8, 4) is 0 Å². The van der Waals surface area contributed by atoms with Crippen LogP contribution in [-0.2, 0) is 20.7 Å². The van der Waals surface area contributed by atoms with Crippen LogP contribution in [0.4, 0.5) is 0 Å². The van der Waals surface area contributed by atoms with Crippen molar-refractivity contribution in [3.63, 3.8) is 0 Å². The average Bonchev–Trinajstić information content (AvgIpc) is 3.02. The van der Waals surface area contributed by atoms with Crippen LogP contribution in [0.5, 0.6) is 0 Å². The maximum absolute atomic E-state index is 12.1. The van der Waals surface area contributed by atoms with Crippen LogP contribution in [0.1, 0.15) is 56.7 Å². The number of fused-ring (bicyclic) bond motifs is 1. The van der Waals surface area contributed by atoms with E-state index in [0.717, 1.165) is 30.9 Å². The number of rotatable bonds is 6. The first kappa shape index (κ1) is 15.9. The Morgan fingerprint density at radius 2 is 1.92 bits per heavy atom. The normalized spacial score (nSPS) is 35.4. The SMILES string of the molecule is O=C(CC1COC2C1OCC2n1cc(CC2CCCC2)nn1)C1CC1. The van der Waals surface area contributed by atoms with E-state index in [1.807, 2.05) is 4.68 Å². The van der Waals surface area contributed by atoms with Gasteiger partial charge in [-0.1, -0.05) is 30.9 Å². The van der Waals surface area contributed by atoms with E-state index in [1.54, 1.807) is 0 Å². The third-order valence-electron chi connectivity index (χ3n) is 6.50. The molecule has 6 nitrogen and oxygen atoms in total. The molecule has 5 rings (SSSR count). The van der Waals surface area contributed by atoms with Crippen molar-refractivity contribution in [2.45, 2.75) is 69.6 Å². The van der Waals surface area contributed by atoms with Crippen molar-refractivity contribution >= 4 is 5.78 Å². The summed E-state index contributed by atoms with van der Waals surface area (Å²) in [6.07, 6.45) is 11.3. The lowest BCUT2D eigenvalue weighted by Gasteiger charge is -2.16. The van der Waals surface area contributed by atoms with Crippen molar-refractivity contribution in [3.05, 3.63) is 11.9 Å². The zero-order valence-corrected chi connectivity index (χ0v) is 14.7. The summed E-state index contributed by atoms with van der Waals surface area (Å²) in [5.74, 6) is 1.72. The molecule has 4 aliphatic rings. The molecule has 2 aliphatic heterocycles. The summed E-state index contributed by atoms with van der Waals surface area (Å²) in [5.41, 5.74) is 1.09. The first-order chi connectivity index (χ1) is 12.3. The van der Waals surface area contributed by atoms with Crippen LogP contribution in [0.3, 0.4) is 0 Å². The van der Waals surface area contributed by atoms with Crippen molar-refractivity contribution < 1.29 is 14.3 Å². The molecule has 2 saturated carbocycles. The molecule has 0 radical (unpaired) electrons. The zero-order valence-electron chi connectivity index (χ0n) is 14.7. The number of ether oxygens (including phenoxy) is 2. The number of Topliss-reactive ketones (excluding diaryl/α,β-unsaturated/α-hetero) is 1. The first-order valence-electron chi connectivity index (χ1n) is 9.94. The Morgan fingerprint density at radius 3 is 2.72 bits per heavy atom. The largest absolute Gasteiger partial charge is 0.373 e. The van der Waals surface area contributed by atoms with Crippen LogP contribution in [0, 0.1) is 17.8 Å². The van der Waals surface area contributed by atoms with Gasteiger partial charge in [0.15, 0.2) is 0 Å². The molecular weight excluding hydrogens is 318 g/mol. The van der Waals surface area contributed by atoms with Crippen LogP contribution in [-0.4, -0.2) is 46.2 Å². The molecule has 1 aromatic heterocycles. The maximum Gasteiger partial charge on any atom is 0.136 e. The molecule has 0 N–H and O–H groups in total. The van der Waals surface area contributed by atoms with Crippen LogP contribution in [0.15, 0.2) is 6.20 Å². The van der Waals surface area contributed by atoms with Gasteiger partial charge in [0.25, 0.3) is 0 Å². The van der Waals surface area contributed by atoms with Gasteiger partial charge in [0, 0.05) is 24.5 Å². The average molecular weight is 345 g/mol. The molecular formula is C19H27N3O3. The highest BCUT2D eigenvalue weighted by molar-refractivity contribution is 5.83. The van der Waals surface area contributed by atoms with Crippen molar-refractivity contribution in [2.24, 2.45) is 17.8 Å². The fourth-order valence-electron chi connectivity index (χ4n) is 4.87. The summed E-state index contributed by atoms with van der Waals surface area (Å²) in [6.45, 7) is 1.24. The molecule has 136 valence electrons. The number of ketones is 1. The first-order valence-corrected chi connectivity index (χ1v) is 9.94. The van der Waals surface area contributed by atoms with Gasteiger partial charge in [-0.25, -0.2) is 4.68 Å². The molecule has 6 heteroatoms. The molecule has 4 atom stereocenters.